The fourth-order valence-electron chi connectivity index (χ4n) is 3.03. The summed E-state index contributed by atoms with van der Waals surface area (Å²) < 4.78 is 6.88. The Hall–Kier alpha value is -1.83. The smallest absolute Gasteiger partial charge is 0.408 e. The van der Waals surface area contributed by atoms with Crippen LogP contribution in [0.4, 0.5) is 0 Å². The van der Waals surface area contributed by atoms with Crippen molar-refractivity contribution in [3.63, 3.8) is 0 Å². The van der Waals surface area contributed by atoms with Crippen molar-refractivity contribution in [2.24, 2.45) is 5.92 Å². The highest BCUT2D eigenvalue weighted by Crippen LogP contribution is 2.19. The molecule has 1 amide bonds. The number of carbonyl (C=O) groups excluding carboxylic acids is 1. The molecule has 0 aliphatic carbocycles. The molecule has 1 aromatic heterocycles. The normalized spacial score (nSPS) is 16.5. The number of fused-ring (bicyclic) bond motifs is 1. The van der Waals surface area contributed by atoms with Crippen LogP contribution >= 0.6 is 11.6 Å². The standard InChI is InChI=1S/C18H25ClN4O3/c1-13(2)10-20-17(24)11-21-5-7-22(8-6-21)12-23-15-9-14(19)3-4-16(15)26-18(23)25/h3-4,9,13H,5-8,10-12H2,1-2H3,(H,20,24). The number of carbonyl (C=O) groups is 1. The minimum Gasteiger partial charge on any atom is -0.408 e. The summed E-state index contributed by atoms with van der Waals surface area (Å²) in [4.78, 5) is 28.4. The third kappa shape index (κ3) is 4.66. The molecule has 8 heteroatoms. The Kier molecular flexibility index (Phi) is 6.01. The van der Waals surface area contributed by atoms with Crippen LogP contribution in [-0.2, 0) is 11.5 Å². The van der Waals surface area contributed by atoms with Gasteiger partial charge in [0.25, 0.3) is 0 Å². The van der Waals surface area contributed by atoms with Crippen molar-refractivity contribution >= 4 is 28.6 Å². The van der Waals surface area contributed by atoms with Crippen molar-refractivity contribution in [2.45, 2.75) is 20.5 Å². The van der Waals surface area contributed by atoms with Gasteiger partial charge in [0, 0.05) is 37.7 Å². The first kappa shape index (κ1) is 18.9. The summed E-state index contributed by atoms with van der Waals surface area (Å²) in [5.41, 5.74) is 1.25. The second-order valence-corrected chi connectivity index (χ2v) is 7.58. The van der Waals surface area contributed by atoms with E-state index in [1.165, 1.54) is 0 Å². The van der Waals surface area contributed by atoms with Crippen LogP contribution in [0.25, 0.3) is 11.1 Å². The van der Waals surface area contributed by atoms with Gasteiger partial charge >= 0.3 is 5.76 Å². The van der Waals surface area contributed by atoms with E-state index in [0.29, 0.717) is 41.8 Å². The zero-order valence-corrected chi connectivity index (χ0v) is 16.0. The van der Waals surface area contributed by atoms with Crippen LogP contribution in [-0.4, -0.2) is 59.5 Å². The van der Waals surface area contributed by atoms with Gasteiger partial charge in [0.15, 0.2) is 5.58 Å². The molecule has 0 saturated carbocycles. The molecule has 142 valence electrons. The molecule has 1 aromatic carbocycles. The molecular formula is C18H25ClN4O3. The number of rotatable bonds is 6. The van der Waals surface area contributed by atoms with Gasteiger partial charge in [0.2, 0.25) is 5.91 Å². The van der Waals surface area contributed by atoms with Gasteiger partial charge in [-0.05, 0) is 24.1 Å². The fraction of sp³-hybridized carbons (Fsp3) is 0.556. The molecular weight excluding hydrogens is 356 g/mol. The topological polar surface area (TPSA) is 70.7 Å². The lowest BCUT2D eigenvalue weighted by atomic mass is 10.2. The van der Waals surface area contributed by atoms with Crippen LogP contribution in [0.5, 0.6) is 0 Å². The van der Waals surface area contributed by atoms with E-state index in [-0.39, 0.29) is 11.7 Å². The van der Waals surface area contributed by atoms with E-state index >= 15 is 0 Å². The molecule has 1 fully saturated rings. The first-order valence-electron chi connectivity index (χ1n) is 8.92. The molecule has 26 heavy (non-hydrogen) atoms. The van der Waals surface area contributed by atoms with Crippen LogP contribution in [0.1, 0.15) is 13.8 Å². The maximum absolute atomic E-state index is 12.1. The first-order chi connectivity index (χ1) is 12.4. The summed E-state index contributed by atoms with van der Waals surface area (Å²) in [5, 5.41) is 3.52. The van der Waals surface area contributed by atoms with Crippen molar-refractivity contribution in [1.82, 2.24) is 19.7 Å². The predicted octanol–water partition coefficient (Wildman–Crippen LogP) is 1.60. The molecule has 3 rings (SSSR count). The van der Waals surface area contributed by atoms with Crippen LogP contribution in [0.2, 0.25) is 5.02 Å². The zero-order valence-electron chi connectivity index (χ0n) is 15.2. The average Bonchev–Trinajstić information content (AvgIpc) is 2.90. The minimum absolute atomic E-state index is 0.0684. The Bertz CT molecular complexity index is 821. The Morgan fingerprint density at radius 3 is 2.62 bits per heavy atom. The second-order valence-electron chi connectivity index (χ2n) is 7.14. The number of nitrogens with zero attached hydrogens (tertiary/aromatic N) is 3. The highest BCUT2D eigenvalue weighted by Gasteiger charge is 2.21. The van der Waals surface area contributed by atoms with E-state index in [1.807, 2.05) is 0 Å². The minimum atomic E-state index is -0.377. The van der Waals surface area contributed by atoms with Gasteiger partial charge in [0.1, 0.15) is 0 Å². The van der Waals surface area contributed by atoms with Gasteiger partial charge in [0.05, 0.1) is 18.7 Å². The number of hydrogen-bond acceptors (Lipinski definition) is 5. The lowest BCUT2D eigenvalue weighted by molar-refractivity contribution is -0.122. The highest BCUT2D eigenvalue weighted by atomic mass is 35.5. The molecule has 0 bridgehead atoms. The van der Waals surface area contributed by atoms with Crippen LogP contribution in [0.3, 0.4) is 0 Å². The Morgan fingerprint density at radius 2 is 1.92 bits per heavy atom. The number of halogens is 1. The van der Waals surface area contributed by atoms with E-state index in [4.69, 9.17) is 16.0 Å². The highest BCUT2D eigenvalue weighted by molar-refractivity contribution is 6.31. The van der Waals surface area contributed by atoms with E-state index in [9.17, 15) is 9.59 Å². The van der Waals surface area contributed by atoms with E-state index in [0.717, 1.165) is 26.2 Å². The lowest BCUT2D eigenvalue weighted by Gasteiger charge is -2.34. The summed E-state index contributed by atoms with van der Waals surface area (Å²) >= 11 is 6.04. The molecule has 0 spiro atoms. The summed E-state index contributed by atoms with van der Waals surface area (Å²) in [5.74, 6) is 0.143. The lowest BCUT2D eigenvalue weighted by Crippen LogP contribution is -2.50. The van der Waals surface area contributed by atoms with E-state index < -0.39 is 0 Å². The van der Waals surface area contributed by atoms with Crippen LogP contribution in [0.15, 0.2) is 27.4 Å². The Morgan fingerprint density at radius 1 is 1.23 bits per heavy atom. The fourth-order valence-corrected chi connectivity index (χ4v) is 3.20. The summed E-state index contributed by atoms with van der Waals surface area (Å²) in [6, 6.07) is 5.17. The molecule has 1 saturated heterocycles. The van der Waals surface area contributed by atoms with Crippen LogP contribution in [0, 0.1) is 5.92 Å². The third-order valence-electron chi connectivity index (χ3n) is 4.51. The summed E-state index contributed by atoms with van der Waals surface area (Å²) in [6.07, 6.45) is 0. The van der Waals surface area contributed by atoms with Gasteiger partial charge in [-0.3, -0.25) is 19.2 Å². The molecule has 1 N–H and O–H groups in total. The van der Waals surface area contributed by atoms with Gasteiger partial charge in [-0.25, -0.2) is 4.79 Å². The molecule has 1 aliphatic heterocycles. The number of piperazine rings is 1. The monoisotopic (exact) mass is 380 g/mol. The Balaban J connectivity index is 1.55. The molecule has 0 atom stereocenters. The predicted molar refractivity (Wildman–Crippen MR) is 101 cm³/mol. The number of amides is 1. The largest absolute Gasteiger partial charge is 0.421 e. The number of hydrogen-bond donors (Lipinski definition) is 1. The van der Waals surface area contributed by atoms with Gasteiger partial charge in [-0.1, -0.05) is 25.4 Å². The second kappa shape index (κ2) is 8.24. The van der Waals surface area contributed by atoms with Gasteiger partial charge < -0.3 is 9.73 Å². The molecule has 1 aliphatic rings. The van der Waals surface area contributed by atoms with Gasteiger partial charge in [-0.2, -0.15) is 0 Å². The van der Waals surface area contributed by atoms with Gasteiger partial charge in [-0.15, -0.1) is 0 Å². The van der Waals surface area contributed by atoms with Crippen molar-refractivity contribution in [3.8, 4) is 0 Å². The summed E-state index contributed by atoms with van der Waals surface area (Å²) in [6.45, 7) is 8.90. The third-order valence-corrected chi connectivity index (χ3v) is 4.75. The van der Waals surface area contributed by atoms with Crippen molar-refractivity contribution in [2.75, 3.05) is 39.3 Å². The SMILES string of the molecule is CC(C)CNC(=O)CN1CCN(Cn2c(=O)oc3ccc(Cl)cc32)CC1. The molecule has 0 unspecified atom stereocenters. The van der Waals surface area contributed by atoms with Crippen molar-refractivity contribution in [3.05, 3.63) is 33.8 Å². The van der Waals surface area contributed by atoms with E-state index in [2.05, 4.69) is 29.0 Å². The zero-order chi connectivity index (χ0) is 18.7. The average molecular weight is 381 g/mol. The number of oxazole rings is 1. The number of nitrogens with one attached hydrogen (secondary N) is 1. The van der Waals surface area contributed by atoms with Crippen molar-refractivity contribution < 1.29 is 9.21 Å². The van der Waals surface area contributed by atoms with Crippen molar-refractivity contribution in [1.29, 1.82) is 0 Å². The molecule has 7 nitrogen and oxygen atoms in total. The molecule has 2 heterocycles. The maximum Gasteiger partial charge on any atom is 0.421 e. The number of aromatic nitrogens is 1. The van der Waals surface area contributed by atoms with E-state index in [1.54, 1.807) is 22.8 Å². The summed E-state index contributed by atoms with van der Waals surface area (Å²) in [7, 11) is 0. The van der Waals surface area contributed by atoms with Crippen LogP contribution < -0.4 is 11.1 Å². The number of benzene rings is 1. The Labute approximate surface area is 157 Å². The first-order valence-corrected chi connectivity index (χ1v) is 9.30. The molecule has 2 aromatic rings. The molecule has 0 radical (unpaired) electrons. The maximum atomic E-state index is 12.1. The quantitative estimate of drug-likeness (QED) is 0.824.